The first-order chi connectivity index (χ1) is 13.7. The maximum absolute atomic E-state index is 12.4. The first-order valence-corrected chi connectivity index (χ1v) is 11.2. The normalized spacial score (nSPS) is 18.5. The molecule has 1 amide bonds. The van der Waals surface area contributed by atoms with Crippen LogP contribution in [0, 0.1) is 0 Å². The first-order valence-electron chi connectivity index (χ1n) is 9.99. The van der Waals surface area contributed by atoms with Crippen molar-refractivity contribution >= 4 is 40.2 Å². The third kappa shape index (κ3) is 5.26. The second kappa shape index (κ2) is 9.27. The molecule has 1 aromatic carbocycles. The molecule has 0 saturated carbocycles. The van der Waals surface area contributed by atoms with E-state index in [9.17, 15) is 4.79 Å². The Morgan fingerprint density at radius 2 is 1.61 bits per heavy atom. The lowest BCUT2D eigenvalue weighted by Crippen LogP contribution is -2.48. The van der Waals surface area contributed by atoms with Gasteiger partial charge in [0.25, 0.3) is 0 Å². The van der Waals surface area contributed by atoms with Gasteiger partial charge in [-0.3, -0.25) is 14.6 Å². The molecular weight excluding hydrogens is 392 g/mol. The number of piperazine rings is 1. The fourth-order valence-electron chi connectivity index (χ4n) is 3.90. The number of amides is 1. The number of rotatable bonds is 6. The Bertz CT molecular complexity index is 780. The molecule has 150 valence electrons. The molecule has 2 fully saturated rings. The summed E-state index contributed by atoms with van der Waals surface area (Å²) in [5.41, 5.74) is 2.12. The fraction of sp³-hybridized carbons (Fsp3) is 0.476. The van der Waals surface area contributed by atoms with Crippen molar-refractivity contribution in [1.29, 1.82) is 0 Å². The van der Waals surface area contributed by atoms with Crippen LogP contribution >= 0.6 is 22.9 Å². The lowest BCUT2D eigenvalue weighted by Gasteiger charge is -2.34. The highest BCUT2D eigenvalue weighted by Gasteiger charge is 2.19. The van der Waals surface area contributed by atoms with Gasteiger partial charge in [0.15, 0.2) is 0 Å². The molecule has 0 bridgehead atoms. The molecule has 2 aromatic rings. The number of hydrogen-bond donors (Lipinski definition) is 1. The van der Waals surface area contributed by atoms with Gasteiger partial charge in [0.2, 0.25) is 5.91 Å². The van der Waals surface area contributed by atoms with Gasteiger partial charge in [0.1, 0.15) is 0 Å². The van der Waals surface area contributed by atoms with Gasteiger partial charge in [-0.05, 0) is 49.2 Å². The standard InChI is InChI=1S/C21H27ClN4OS/c22-20-8-7-19(28-20)15-24-11-13-25(14-12-24)16-21(27)23-17-3-5-18(6-4-17)26-9-1-2-10-26/h3-8H,1-2,9-16H2,(H,23,27). The number of halogens is 1. The molecule has 2 aliphatic heterocycles. The van der Waals surface area contributed by atoms with Gasteiger partial charge in [0.05, 0.1) is 10.9 Å². The smallest absolute Gasteiger partial charge is 0.238 e. The summed E-state index contributed by atoms with van der Waals surface area (Å²) < 4.78 is 0.846. The van der Waals surface area contributed by atoms with E-state index in [4.69, 9.17) is 11.6 Å². The molecule has 2 saturated heterocycles. The van der Waals surface area contributed by atoms with Crippen molar-refractivity contribution in [2.24, 2.45) is 0 Å². The van der Waals surface area contributed by atoms with Crippen LogP contribution in [0.3, 0.4) is 0 Å². The molecule has 0 unspecified atom stereocenters. The van der Waals surface area contributed by atoms with Crippen LogP contribution in [0.15, 0.2) is 36.4 Å². The van der Waals surface area contributed by atoms with Gasteiger partial charge in [-0.15, -0.1) is 11.3 Å². The molecule has 2 aliphatic rings. The van der Waals surface area contributed by atoms with Crippen LogP contribution in [0.25, 0.3) is 0 Å². The predicted molar refractivity (Wildman–Crippen MR) is 118 cm³/mol. The fourth-order valence-corrected chi connectivity index (χ4v) is 5.03. The third-order valence-electron chi connectivity index (χ3n) is 5.46. The van der Waals surface area contributed by atoms with Crippen molar-refractivity contribution in [2.75, 3.05) is 56.0 Å². The lowest BCUT2D eigenvalue weighted by atomic mass is 10.2. The lowest BCUT2D eigenvalue weighted by molar-refractivity contribution is -0.117. The minimum atomic E-state index is 0.0624. The van der Waals surface area contributed by atoms with E-state index in [1.54, 1.807) is 11.3 Å². The Morgan fingerprint density at radius 3 is 2.25 bits per heavy atom. The average molecular weight is 419 g/mol. The number of nitrogens with one attached hydrogen (secondary N) is 1. The van der Waals surface area contributed by atoms with Gasteiger partial charge in [-0.1, -0.05) is 11.6 Å². The summed E-state index contributed by atoms with van der Waals surface area (Å²) in [5.74, 6) is 0.0624. The quantitative estimate of drug-likeness (QED) is 0.775. The molecule has 0 radical (unpaired) electrons. The van der Waals surface area contributed by atoms with Gasteiger partial charge in [-0.25, -0.2) is 0 Å². The van der Waals surface area contributed by atoms with Crippen LogP contribution in [0.5, 0.6) is 0 Å². The molecule has 3 heterocycles. The number of anilines is 2. The Hall–Kier alpha value is -1.60. The van der Waals surface area contributed by atoms with Crippen molar-refractivity contribution in [2.45, 2.75) is 19.4 Å². The van der Waals surface area contributed by atoms with Gasteiger partial charge in [0, 0.05) is 62.1 Å². The summed E-state index contributed by atoms with van der Waals surface area (Å²) >= 11 is 7.66. The van der Waals surface area contributed by atoms with E-state index in [0.717, 1.165) is 55.8 Å². The minimum absolute atomic E-state index is 0.0624. The summed E-state index contributed by atoms with van der Waals surface area (Å²) in [6.45, 7) is 7.46. The van der Waals surface area contributed by atoms with Gasteiger partial charge < -0.3 is 10.2 Å². The molecule has 1 N–H and O–H groups in total. The van der Waals surface area contributed by atoms with Crippen molar-refractivity contribution in [3.8, 4) is 0 Å². The van der Waals surface area contributed by atoms with E-state index < -0.39 is 0 Å². The molecular formula is C21H27ClN4OS. The molecule has 4 rings (SSSR count). The van der Waals surface area contributed by atoms with Crippen molar-refractivity contribution in [3.05, 3.63) is 45.6 Å². The summed E-state index contributed by atoms with van der Waals surface area (Å²) in [5, 5.41) is 3.04. The zero-order valence-electron chi connectivity index (χ0n) is 16.1. The summed E-state index contributed by atoms with van der Waals surface area (Å²) in [7, 11) is 0. The van der Waals surface area contributed by atoms with Crippen LogP contribution in [0.4, 0.5) is 11.4 Å². The molecule has 0 spiro atoms. The molecule has 0 atom stereocenters. The summed E-state index contributed by atoms with van der Waals surface area (Å²) in [6.07, 6.45) is 2.54. The van der Waals surface area contributed by atoms with E-state index in [1.165, 1.54) is 23.4 Å². The van der Waals surface area contributed by atoms with Crippen molar-refractivity contribution in [1.82, 2.24) is 9.80 Å². The van der Waals surface area contributed by atoms with Gasteiger partial charge >= 0.3 is 0 Å². The Balaban J connectivity index is 1.20. The Morgan fingerprint density at radius 1 is 0.929 bits per heavy atom. The molecule has 28 heavy (non-hydrogen) atoms. The number of carbonyl (C=O) groups excluding carboxylic acids is 1. The molecule has 1 aromatic heterocycles. The highest BCUT2D eigenvalue weighted by atomic mass is 35.5. The number of hydrogen-bond acceptors (Lipinski definition) is 5. The van der Waals surface area contributed by atoms with Crippen LogP contribution in [0.2, 0.25) is 4.34 Å². The van der Waals surface area contributed by atoms with Crippen LogP contribution in [-0.2, 0) is 11.3 Å². The van der Waals surface area contributed by atoms with Gasteiger partial charge in [-0.2, -0.15) is 0 Å². The summed E-state index contributed by atoms with van der Waals surface area (Å²) in [4.78, 5) is 20.8. The van der Waals surface area contributed by atoms with E-state index in [0.29, 0.717) is 6.54 Å². The largest absolute Gasteiger partial charge is 0.372 e. The highest BCUT2D eigenvalue weighted by Crippen LogP contribution is 2.23. The van der Waals surface area contributed by atoms with Crippen molar-refractivity contribution in [3.63, 3.8) is 0 Å². The number of carbonyl (C=O) groups is 1. The zero-order chi connectivity index (χ0) is 19.3. The maximum atomic E-state index is 12.4. The molecule has 0 aliphatic carbocycles. The second-order valence-corrected chi connectivity index (χ2v) is 9.35. The Kier molecular flexibility index (Phi) is 6.52. The number of nitrogens with zero attached hydrogens (tertiary/aromatic N) is 3. The maximum Gasteiger partial charge on any atom is 0.238 e. The predicted octanol–water partition coefficient (Wildman–Crippen LogP) is 3.76. The average Bonchev–Trinajstić information content (AvgIpc) is 3.36. The zero-order valence-corrected chi connectivity index (χ0v) is 17.6. The Labute approximate surface area is 175 Å². The van der Waals surface area contributed by atoms with E-state index in [-0.39, 0.29) is 5.91 Å². The van der Waals surface area contributed by atoms with Crippen molar-refractivity contribution < 1.29 is 4.79 Å². The number of thiophene rings is 1. The van der Waals surface area contributed by atoms with E-state index in [2.05, 4.69) is 38.2 Å². The SMILES string of the molecule is O=C(CN1CCN(Cc2ccc(Cl)s2)CC1)Nc1ccc(N2CCCC2)cc1. The van der Waals surface area contributed by atoms with Crippen LogP contribution in [0.1, 0.15) is 17.7 Å². The highest BCUT2D eigenvalue weighted by molar-refractivity contribution is 7.16. The van der Waals surface area contributed by atoms with E-state index in [1.807, 2.05) is 18.2 Å². The molecule has 7 heteroatoms. The van der Waals surface area contributed by atoms with Crippen LogP contribution in [-0.4, -0.2) is 61.5 Å². The second-order valence-electron chi connectivity index (χ2n) is 7.55. The van der Waals surface area contributed by atoms with E-state index >= 15 is 0 Å². The third-order valence-corrected chi connectivity index (χ3v) is 6.68. The first kappa shape index (κ1) is 19.7. The molecule has 5 nitrogen and oxygen atoms in total. The number of benzene rings is 1. The summed E-state index contributed by atoms with van der Waals surface area (Å²) in [6, 6.07) is 12.3. The monoisotopic (exact) mass is 418 g/mol. The topological polar surface area (TPSA) is 38.8 Å². The minimum Gasteiger partial charge on any atom is -0.372 e. The van der Waals surface area contributed by atoms with Crippen LogP contribution < -0.4 is 10.2 Å².